The number of hydrogen-bond acceptors (Lipinski definition) is 5. The van der Waals surface area contributed by atoms with Gasteiger partial charge in [0.25, 0.3) is 0 Å². The molecule has 23 heavy (non-hydrogen) atoms. The van der Waals surface area contributed by atoms with Crippen molar-refractivity contribution in [3.63, 3.8) is 0 Å². The first-order valence-corrected chi connectivity index (χ1v) is 9.49. The molecule has 0 unspecified atom stereocenters. The molecule has 1 amide bonds. The van der Waals surface area contributed by atoms with E-state index in [1.807, 2.05) is 42.0 Å². The van der Waals surface area contributed by atoms with Gasteiger partial charge in [-0.25, -0.2) is 0 Å². The van der Waals surface area contributed by atoms with Gasteiger partial charge in [0, 0.05) is 17.9 Å². The molecule has 7 heteroatoms. The molecule has 0 saturated carbocycles. The van der Waals surface area contributed by atoms with Crippen LogP contribution >= 0.6 is 23.5 Å². The smallest absolute Gasteiger partial charge is 0.234 e. The van der Waals surface area contributed by atoms with Crippen molar-refractivity contribution in [2.45, 2.75) is 29.9 Å². The Kier molecular flexibility index (Phi) is 6.73. The zero-order valence-corrected chi connectivity index (χ0v) is 14.9. The van der Waals surface area contributed by atoms with Crippen molar-refractivity contribution in [1.82, 2.24) is 14.8 Å². The highest BCUT2D eigenvalue weighted by molar-refractivity contribution is 7.99. The Morgan fingerprint density at radius 2 is 2.17 bits per heavy atom. The van der Waals surface area contributed by atoms with E-state index in [2.05, 4.69) is 22.1 Å². The molecule has 1 aromatic carbocycles. The molecule has 0 fully saturated rings. The van der Waals surface area contributed by atoms with Crippen LogP contribution in [0.2, 0.25) is 0 Å². The van der Waals surface area contributed by atoms with Gasteiger partial charge in [0.1, 0.15) is 5.82 Å². The molecule has 1 N–H and O–H groups in total. The summed E-state index contributed by atoms with van der Waals surface area (Å²) in [6.07, 6.45) is 4.60. The number of nitrogens with zero attached hydrogens (tertiary/aromatic N) is 3. The average molecular weight is 348 g/mol. The van der Waals surface area contributed by atoms with E-state index in [4.69, 9.17) is 0 Å². The van der Waals surface area contributed by atoms with Gasteiger partial charge in [-0.2, -0.15) is 0 Å². The number of hydrogen-bond donors (Lipinski definition) is 1. The van der Waals surface area contributed by atoms with E-state index in [-0.39, 0.29) is 5.91 Å². The molecule has 0 spiro atoms. The van der Waals surface area contributed by atoms with Gasteiger partial charge in [-0.15, -0.1) is 28.5 Å². The first kappa shape index (κ1) is 17.6. The van der Waals surface area contributed by atoms with E-state index >= 15 is 0 Å². The van der Waals surface area contributed by atoms with Crippen LogP contribution < -0.4 is 5.32 Å². The van der Waals surface area contributed by atoms with Crippen molar-refractivity contribution >= 4 is 35.1 Å². The number of para-hydroxylation sites is 1. The molecule has 0 saturated heterocycles. The zero-order valence-electron chi connectivity index (χ0n) is 13.3. The van der Waals surface area contributed by atoms with Gasteiger partial charge >= 0.3 is 0 Å². The number of aromatic nitrogens is 3. The third-order valence-corrected chi connectivity index (χ3v) is 4.90. The number of carbonyl (C=O) groups is 1. The van der Waals surface area contributed by atoms with Crippen LogP contribution in [0.4, 0.5) is 5.69 Å². The third-order valence-electron chi connectivity index (χ3n) is 3.13. The highest BCUT2D eigenvalue weighted by atomic mass is 32.2. The summed E-state index contributed by atoms with van der Waals surface area (Å²) in [7, 11) is 0. The fourth-order valence-corrected chi connectivity index (χ4v) is 3.38. The standard InChI is InChI=1S/C16H20N4OS2/c1-4-10-20-14(5-2)18-19-16(20)23-11-15(21)17-12-8-6-7-9-13(12)22-3/h4,6-9H,1,5,10-11H2,2-3H3,(H,17,21). The Bertz CT molecular complexity index is 684. The number of carbonyl (C=O) groups excluding carboxylic acids is 1. The Morgan fingerprint density at radius 1 is 1.39 bits per heavy atom. The molecule has 1 heterocycles. The molecule has 0 atom stereocenters. The third kappa shape index (κ3) is 4.62. The molecule has 0 aliphatic carbocycles. The fourth-order valence-electron chi connectivity index (χ4n) is 2.06. The molecule has 0 aliphatic heterocycles. The summed E-state index contributed by atoms with van der Waals surface area (Å²) < 4.78 is 1.99. The first-order chi connectivity index (χ1) is 11.2. The van der Waals surface area contributed by atoms with E-state index in [0.717, 1.165) is 28.0 Å². The molecule has 0 radical (unpaired) electrons. The first-order valence-electron chi connectivity index (χ1n) is 7.28. The number of nitrogens with one attached hydrogen (secondary N) is 1. The van der Waals surface area contributed by atoms with Gasteiger partial charge in [-0.3, -0.25) is 4.79 Å². The van der Waals surface area contributed by atoms with Crippen LogP contribution in [-0.2, 0) is 17.8 Å². The Morgan fingerprint density at radius 3 is 2.87 bits per heavy atom. The summed E-state index contributed by atoms with van der Waals surface area (Å²) in [6.45, 7) is 6.44. The predicted molar refractivity (Wildman–Crippen MR) is 97.2 cm³/mol. The molecule has 2 rings (SSSR count). The highest BCUT2D eigenvalue weighted by Crippen LogP contribution is 2.25. The minimum atomic E-state index is -0.0531. The quantitative estimate of drug-likeness (QED) is 0.585. The van der Waals surface area contributed by atoms with Gasteiger partial charge in [-0.1, -0.05) is 36.9 Å². The predicted octanol–water partition coefficient (Wildman–Crippen LogP) is 3.48. The van der Waals surface area contributed by atoms with Crippen molar-refractivity contribution < 1.29 is 4.79 Å². The van der Waals surface area contributed by atoms with Crippen molar-refractivity contribution in [3.05, 3.63) is 42.7 Å². The maximum absolute atomic E-state index is 12.2. The van der Waals surface area contributed by atoms with E-state index in [0.29, 0.717) is 12.3 Å². The maximum atomic E-state index is 12.2. The summed E-state index contributed by atoms with van der Waals surface area (Å²) in [5.74, 6) is 1.14. The molecular weight excluding hydrogens is 328 g/mol. The Hall–Kier alpha value is -1.73. The van der Waals surface area contributed by atoms with Crippen LogP contribution in [0.5, 0.6) is 0 Å². The van der Waals surface area contributed by atoms with Crippen molar-refractivity contribution in [3.8, 4) is 0 Å². The highest BCUT2D eigenvalue weighted by Gasteiger charge is 2.13. The van der Waals surface area contributed by atoms with E-state index in [1.165, 1.54) is 11.8 Å². The number of amides is 1. The van der Waals surface area contributed by atoms with Crippen LogP contribution in [0, 0.1) is 0 Å². The monoisotopic (exact) mass is 348 g/mol. The Balaban J connectivity index is 1.99. The fraction of sp³-hybridized carbons (Fsp3) is 0.312. The summed E-state index contributed by atoms with van der Waals surface area (Å²) in [4.78, 5) is 13.2. The lowest BCUT2D eigenvalue weighted by molar-refractivity contribution is -0.113. The number of aryl methyl sites for hydroxylation is 1. The zero-order chi connectivity index (χ0) is 16.7. The SMILES string of the molecule is C=CCn1c(CC)nnc1SCC(=O)Nc1ccccc1SC. The molecule has 1 aromatic heterocycles. The summed E-state index contributed by atoms with van der Waals surface area (Å²) >= 11 is 2.99. The van der Waals surface area contributed by atoms with Gasteiger partial charge in [-0.05, 0) is 18.4 Å². The van der Waals surface area contributed by atoms with Crippen molar-refractivity contribution in [2.24, 2.45) is 0 Å². The van der Waals surface area contributed by atoms with E-state index in [9.17, 15) is 4.79 Å². The lowest BCUT2D eigenvalue weighted by atomic mass is 10.3. The van der Waals surface area contributed by atoms with Gasteiger partial charge in [0.2, 0.25) is 5.91 Å². The lowest BCUT2D eigenvalue weighted by Gasteiger charge is -2.09. The van der Waals surface area contributed by atoms with Crippen LogP contribution in [0.3, 0.4) is 0 Å². The molecule has 2 aromatic rings. The number of allylic oxidation sites excluding steroid dienone is 1. The van der Waals surface area contributed by atoms with E-state index < -0.39 is 0 Å². The van der Waals surface area contributed by atoms with E-state index in [1.54, 1.807) is 17.8 Å². The van der Waals surface area contributed by atoms with Crippen LogP contribution in [0.15, 0.2) is 47.0 Å². The second-order valence-corrected chi connectivity index (χ2v) is 6.48. The van der Waals surface area contributed by atoms with Gasteiger partial charge in [0.05, 0.1) is 11.4 Å². The van der Waals surface area contributed by atoms with Gasteiger partial charge in [0.15, 0.2) is 5.16 Å². The number of thioether (sulfide) groups is 2. The topological polar surface area (TPSA) is 59.8 Å². The second-order valence-electron chi connectivity index (χ2n) is 4.69. The Labute approximate surface area is 145 Å². The molecule has 0 bridgehead atoms. The van der Waals surface area contributed by atoms with Crippen LogP contribution in [-0.4, -0.2) is 32.7 Å². The lowest BCUT2D eigenvalue weighted by Crippen LogP contribution is -2.15. The van der Waals surface area contributed by atoms with Crippen LogP contribution in [0.25, 0.3) is 0 Å². The van der Waals surface area contributed by atoms with Crippen molar-refractivity contribution in [1.29, 1.82) is 0 Å². The molecule has 122 valence electrons. The van der Waals surface area contributed by atoms with Crippen LogP contribution in [0.1, 0.15) is 12.7 Å². The molecule has 0 aliphatic rings. The van der Waals surface area contributed by atoms with Gasteiger partial charge < -0.3 is 9.88 Å². The van der Waals surface area contributed by atoms with Crippen molar-refractivity contribution in [2.75, 3.05) is 17.3 Å². The number of benzene rings is 1. The molecular formula is C16H20N4OS2. The summed E-state index contributed by atoms with van der Waals surface area (Å²) in [6, 6.07) is 7.77. The largest absolute Gasteiger partial charge is 0.324 e. The minimum absolute atomic E-state index is 0.0531. The molecule has 5 nitrogen and oxygen atoms in total. The second kappa shape index (κ2) is 8.79. The maximum Gasteiger partial charge on any atom is 0.234 e. The summed E-state index contributed by atoms with van der Waals surface area (Å²) in [5, 5.41) is 12.0. The average Bonchev–Trinajstić information content (AvgIpc) is 2.96. The number of anilines is 1. The summed E-state index contributed by atoms with van der Waals surface area (Å²) in [5.41, 5.74) is 0.840. The normalized spacial score (nSPS) is 10.5. The minimum Gasteiger partial charge on any atom is -0.324 e. The number of rotatable bonds is 8.